The van der Waals surface area contributed by atoms with Gasteiger partial charge in [-0.2, -0.15) is 0 Å². The van der Waals surface area contributed by atoms with Crippen molar-refractivity contribution in [3.05, 3.63) is 88.2 Å². The highest BCUT2D eigenvalue weighted by Crippen LogP contribution is 2.40. The molecule has 0 spiro atoms. The van der Waals surface area contributed by atoms with Gasteiger partial charge in [-0.1, -0.05) is 36.4 Å². The van der Waals surface area contributed by atoms with Crippen LogP contribution in [0.2, 0.25) is 0 Å². The van der Waals surface area contributed by atoms with Crippen LogP contribution in [0.3, 0.4) is 0 Å². The zero-order valence-corrected chi connectivity index (χ0v) is 22.8. The molecule has 1 N–H and O–H groups in total. The van der Waals surface area contributed by atoms with Gasteiger partial charge in [-0.3, -0.25) is 4.79 Å². The molecule has 0 aliphatic heterocycles. The summed E-state index contributed by atoms with van der Waals surface area (Å²) >= 11 is 1.53. The molecule has 0 bridgehead atoms. The van der Waals surface area contributed by atoms with E-state index in [0.717, 1.165) is 48.1 Å². The molecule has 1 saturated carbocycles. The first-order chi connectivity index (χ1) is 19.4. The molecule has 1 aliphatic carbocycles. The third-order valence-corrected chi connectivity index (χ3v) is 8.27. The molecule has 2 heterocycles. The van der Waals surface area contributed by atoms with Crippen molar-refractivity contribution in [3.8, 4) is 0 Å². The summed E-state index contributed by atoms with van der Waals surface area (Å²) in [5.41, 5.74) is 1.48. The van der Waals surface area contributed by atoms with Crippen molar-refractivity contribution >= 4 is 39.1 Å². The number of amides is 1. The minimum Gasteiger partial charge on any atom is -0.465 e. The lowest BCUT2D eigenvalue weighted by Gasteiger charge is -2.27. The molecule has 1 amide bonds. The minimum atomic E-state index is -2.80. The van der Waals surface area contributed by atoms with E-state index in [9.17, 15) is 18.4 Å². The van der Waals surface area contributed by atoms with Crippen LogP contribution in [0.4, 0.5) is 14.5 Å². The van der Waals surface area contributed by atoms with Crippen molar-refractivity contribution in [1.29, 1.82) is 0 Å². The zero-order chi connectivity index (χ0) is 28.1. The van der Waals surface area contributed by atoms with Crippen LogP contribution in [0.5, 0.6) is 0 Å². The van der Waals surface area contributed by atoms with Crippen molar-refractivity contribution in [2.24, 2.45) is 5.92 Å². The standard InChI is InChI=1S/C30H29F2N3O4S/c1-38-30(37)21-14-25-26(15-24(21)34-28(36)23-9-5-8-22(33-23)27(31)32)40-29(35-25)20-12-10-19(11-13-20)17-39-16-18-6-3-2-4-7-18/h2-9,14-15,19-20,27H,10-13,16-17H2,1H3,(H,34,36)/t19-,20-. The molecule has 208 valence electrons. The van der Waals surface area contributed by atoms with Gasteiger partial charge < -0.3 is 14.8 Å². The van der Waals surface area contributed by atoms with Gasteiger partial charge in [-0.15, -0.1) is 11.3 Å². The number of hydrogen-bond donors (Lipinski definition) is 1. The number of halogens is 2. The van der Waals surface area contributed by atoms with Gasteiger partial charge in [0.15, 0.2) is 0 Å². The Morgan fingerprint density at radius 1 is 1.02 bits per heavy atom. The summed E-state index contributed by atoms with van der Waals surface area (Å²) in [4.78, 5) is 33.9. The number of nitrogens with one attached hydrogen (secondary N) is 1. The molecule has 0 atom stereocenters. The third-order valence-electron chi connectivity index (χ3n) is 7.09. The van der Waals surface area contributed by atoms with Gasteiger partial charge in [0.05, 0.1) is 40.2 Å². The Kier molecular flexibility index (Phi) is 8.76. The first-order valence-corrected chi connectivity index (χ1v) is 13.9. The Bertz CT molecular complexity index is 1490. The summed E-state index contributed by atoms with van der Waals surface area (Å²) in [6.07, 6.45) is 1.29. The lowest BCUT2D eigenvalue weighted by atomic mass is 9.83. The molecule has 0 saturated heterocycles. The van der Waals surface area contributed by atoms with E-state index in [2.05, 4.69) is 22.4 Å². The second-order valence-electron chi connectivity index (χ2n) is 9.83. The number of thiazole rings is 1. The average Bonchev–Trinajstić information content (AvgIpc) is 3.40. The van der Waals surface area contributed by atoms with E-state index >= 15 is 0 Å². The van der Waals surface area contributed by atoms with E-state index in [4.69, 9.17) is 14.5 Å². The minimum absolute atomic E-state index is 0.129. The van der Waals surface area contributed by atoms with Gasteiger partial charge in [0.25, 0.3) is 12.3 Å². The van der Waals surface area contributed by atoms with Crippen LogP contribution in [0.1, 0.15) is 75.1 Å². The number of carbonyl (C=O) groups excluding carboxylic acids is 2. The monoisotopic (exact) mass is 565 g/mol. The van der Waals surface area contributed by atoms with Crippen molar-refractivity contribution in [2.75, 3.05) is 19.0 Å². The fourth-order valence-electron chi connectivity index (χ4n) is 4.93. The van der Waals surface area contributed by atoms with E-state index < -0.39 is 24.0 Å². The maximum Gasteiger partial charge on any atom is 0.340 e. The summed E-state index contributed by atoms with van der Waals surface area (Å²) in [7, 11) is 1.25. The Hall–Kier alpha value is -3.76. The van der Waals surface area contributed by atoms with Gasteiger partial charge in [0, 0.05) is 12.5 Å². The number of benzene rings is 2. The Morgan fingerprint density at radius 3 is 2.52 bits per heavy atom. The van der Waals surface area contributed by atoms with Gasteiger partial charge >= 0.3 is 5.97 Å². The molecule has 0 unspecified atom stereocenters. The number of ether oxygens (including phenoxy) is 2. The molecule has 2 aromatic heterocycles. The van der Waals surface area contributed by atoms with E-state index in [1.807, 2.05) is 18.2 Å². The first-order valence-electron chi connectivity index (χ1n) is 13.1. The fourth-order valence-corrected chi connectivity index (χ4v) is 6.09. The molecular weight excluding hydrogens is 536 g/mol. The smallest absolute Gasteiger partial charge is 0.340 e. The molecular formula is C30H29F2N3O4S. The molecule has 5 rings (SSSR count). The summed E-state index contributed by atoms with van der Waals surface area (Å²) < 4.78 is 37.8. The first kappa shape index (κ1) is 27.8. The van der Waals surface area contributed by atoms with E-state index in [1.54, 1.807) is 12.1 Å². The molecule has 4 aromatic rings. The van der Waals surface area contributed by atoms with Gasteiger partial charge in [0.1, 0.15) is 11.4 Å². The predicted molar refractivity (Wildman–Crippen MR) is 149 cm³/mol. The topological polar surface area (TPSA) is 90.4 Å². The molecule has 1 aliphatic rings. The lowest BCUT2D eigenvalue weighted by Crippen LogP contribution is -2.17. The number of nitrogens with zero attached hydrogens (tertiary/aromatic N) is 2. The maximum absolute atomic E-state index is 13.1. The van der Waals surface area contributed by atoms with Gasteiger partial charge in [-0.05, 0) is 61.4 Å². The highest BCUT2D eigenvalue weighted by Gasteiger charge is 2.26. The largest absolute Gasteiger partial charge is 0.465 e. The Balaban J connectivity index is 1.27. The third kappa shape index (κ3) is 6.51. The number of fused-ring (bicyclic) bond motifs is 1. The molecule has 7 nitrogen and oxygen atoms in total. The molecule has 1 fully saturated rings. The summed E-state index contributed by atoms with van der Waals surface area (Å²) in [6, 6.07) is 17.3. The molecule has 10 heteroatoms. The van der Waals surface area contributed by atoms with Gasteiger partial charge in [0.2, 0.25) is 0 Å². The SMILES string of the molecule is COC(=O)c1cc2nc([C@H]3CC[C@H](COCc4ccccc4)CC3)sc2cc1NC(=O)c1cccc(C(F)F)n1. The number of hydrogen-bond acceptors (Lipinski definition) is 7. The Labute approximate surface area is 234 Å². The van der Waals surface area contributed by atoms with E-state index in [-0.39, 0.29) is 16.9 Å². The zero-order valence-electron chi connectivity index (χ0n) is 21.9. The molecule has 2 aromatic carbocycles. The predicted octanol–water partition coefficient (Wildman–Crippen LogP) is 7.16. The summed E-state index contributed by atoms with van der Waals surface area (Å²) in [6.45, 7) is 1.36. The highest BCUT2D eigenvalue weighted by atomic mass is 32.1. The number of alkyl halides is 2. The van der Waals surface area contributed by atoms with E-state index in [1.165, 1.54) is 36.1 Å². The number of aromatic nitrogens is 2. The fraction of sp³-hybridized carbons (Fsp3) is 0.333. The lowest BCUT2D eigenvalue weighted by molar-refractivity contribution is 0.0602. The number of methoxy groups -OCH3 is 1. The van der Waals surface area contributed by atoms with Crippen LogP contribution in [-0.2, 0) is 16.1 Å². The number of esters is 1. The van der Waals surface area contributed by atoms with Gasteiger partial charge in [-0.25, -0.2) is 23.5 Å². The van der Waals surface area contributed by atoms with Crippen LogP contribution in [0, 0.1) is 5.92 Å². The molecule has 40 heavy (non-hydrogen) atoms. The quantitative estimate of drug-likeness (QED) is 0.217. The van der Waals surface area contributed by atoms with E-state index in [0.29, 0.717) is 24.0 Å². The normalized spacial score (nSPS) is 17.2. The summed E-state index contributed by atoms with van der Waals surface area (Å²) in [5, 5.41) is 3.63. The molecule has 0 radical (unpaired) electrons. The number of rotatable bonds is 9. The second-order valence-corrected chi connectivity index (χ2v) is 10.9. The van der Waals surface area contributed by atoms with Crippen molar-refractivity contribution in [1.82, 2.24) is 9.97 Å². The number of carbonyl (C=O) groups is 2. The van der Waals surface area contributed by atoms with Crippen LogP contribution in [0.15, 0.2) is 60.7 Å². The van der Waals surface area contributed by atoms with Crippen LogP contribution in [-0.4, -0.2) is 35.6 Å². The van der Waals surface area contributed by atoms with Crippen LogP contribution < -0.4 is 5.32 Å². The van der Waals surface area contributed by atoms with Crippen LogP contribution in [0.25, 0.3) is 10.2 Å². The van der Waals surface area contributed by atoms with Crippen molar-refractivity contribution in [3.63, 3.8) is 0 Å². The average molecular weight is 566 g/mol. The Morgan fingerprint density at radius 2 is 1.80 bits per heavy atom. The number of anilines is 1. The highest BCUT2D eigenvalue weighted by molar-refractivity contribution is 7.18. The number of pyridine rings is 1. The van der Waals surface area contributed by atoms with Crippen molar-refractivity contribution in [2.45, 2.75) is 44.6 Å². The maximum atomic E-state index is 13.1. The second kappa shape index (κ2) is 12.6. The van der Waals surface area contributed by atoms with Crippen LogP contribution >= 0.6 is 11.3 Å². The summed E-state index contributed by atoms with van der Waals surface area (Å²) in [5.74, 6) is -0.524. The van der Waals surface area contributed by atoms with Crippen molar-refractivity contribution < 1.29 is 27.8 Å².